The molecule has 2 aromatic carbocycles. The lowest BCUT2D eigenvalue weighted by Gasteiger charge is -2.21. The average molecular weight is 269 g/mol. The van der Waals surface area contributed by atoms with Gasteiger partial charge in [-0.15, -0.1) is 0 Å². The summed E-state index contributed by atoms with van der Waals surface area (Å²) in [6, 6.07) is 13.6. The van der Waals surface area contributed by atoms with Crippen molar-refractivity contribution in [3.05, 3.63) is 58.6 Å². The third kappa shape index (κ3) is 2.25. The first-order valence-corrected chi connectivity index (χ1v) is 6.31. The molecule has 0 atom stereocenters. The molecule has 0 saturated heterocycles. The molecule has 102 valence electrons. The third-order valence-electron chi connectivity index (χ3n) is 3.24. The molecule has 0 bridgehead atoms. The summed E-state index contributed by atoms with van der Waals surface area (Å²) in [7, 11) is 1.96. The largest absolute Gasteiger partial charge is 0.417 e. The van der Waals surface area contributed by atoms with Crippen LogP contribution in [-0.2, 0) is 6.54 Å². The van der Waals surface area contributed by atoms with Gasteiger partial charge in [0.2, 0.25) is 0 Å². The van der Waals surface area contributed by atoms with Crippen LogP contribution >= 0.6 is 0 Å². The first-order valence-electron chi connectivity index (χ1n) is 6.31. The Hall–Kier alpha value is -2.69. The molecule has 1 aromatic heterocycles. The zero-order valence-electron chi connectivity index (χ0n) is 11.1. The highest BCUT2D eigenvalue weighted by Gasteiger charge is 2.10. The van der Waals surface area contributed by atoms with Gasteiger partial charge in [-0.05, 0) is 11.6 Å². The first kappa shape index (κ1) is 12.3. The number of aromatic amines is 1. The third-order valence-corrected chi connectivity index (χ3v) is 3.24. The van der Waals surface area contributed by atoms with Crippen molar-refractivity contribution in [3.63, 3.8) is 0 Å². The molecule has 20 heavy (non-hydrogen) atoms. The molecule has 0 aliphatic carbocycles. The molecular formula is C15H15N3O2. The fourth-order valence-corrected chi connectivity index (χ4v) is 2.27. The Labute approximate surface area is 115 Å². The van der Waals surface area contributed by atoms with Crippen molar-refractivity contribution in [1.82, 2.24) is 4.98 Å². The van der Waals surface area contributed by atoms with Gasteiger partial charge in [0.1, 0.15) is 0 Å². The number of anilines is 2. The topological polar surface area (TPSA) is 75.3 Å². The van der Waals surface area contributed by atoms with Crippen LogP contribution < -0.4 is 16.4 Å². The van der Waals surface area contributed by atoms with E-state index in [9.17, 15) is 4.79 Å². The molecule has 3 N–H and O–H groups in total. The molecule has 3 aromatic rings. The van der Waals surface area contributed by atoms with Crippen molar-refractivity contribution >= 4 is 22.5 Å². The maximum Gasteiger partial charge on any atom is 0.417 e. The van der Waals surface area contributed by atoms with Crippen LogP contribution in [0.15, 0.2) is 51.7 Å². The fourth-order valence-electron chi connectivity index (χ4n) is 2.27. The van der Waals surface area contributed by atoms with E-state index in [1.165, 1.54) is 5.56 Å². The smallest absolute Gasteiger partial charge is 0.408 e. The normalized spacial score (nSPS) is 10.8. The molecule has 0 aliphatic heterocycles. The van der Waals surface area contributed by atoms with Crippen LogP contribution in [-0.4, -0.2) is 12.0 Å². The highest BCUT2D eigenvalue weighted by atomic mass is 16.4. The van der Waals surface area contributed by atoms with Gasteiger partial charge in [-0.2, -0.15) is 0 Å². The molecule has 5 nitrogen and oxygen atoms in total. The first-order chi connectivity index (χ1) is 9.63. The zero-order valence-corrected chi connectivity index (χ0v) is 11.1. The van der Waals surface area contributed by atoms with E-state index in [-0.39, 0.29) is 0 Å². The van der Waals surface area contributed by atoms with Gasteiger partial charge in [0, 0.05) is 19.7 Å². The number of nitrogens with two attached hydrogens (primary N) is 1. The molecule has 1 heterocycles. The molecule has 0 spiro atoms. The minimum Gasteiger partial charge on any atom is -0.408 e. The van der Waals surface area contributed by atoms with E-state index >= 15 is 0 Å². The molecule has 3 rings (SSSR count). The van der Waals surface area contributed by atoms with Crippen molar-refractivity contribution in [2.45, 2.75) is 6.54 Å². The van der Waals surface area contributed by atoms with Gasteiger partial charge in [-0.3, -0.25) is 4.98 Å². The van der Waals surface area contributed by atoms with E-state index in [1.807, 2.05) is 36.2 Å². The van der Waals surface area contributed by atoms with Gasteiger partial charge in [-0.1, -0.05) is 30.3 Å². The molecule has 0 fully saturated rings. The number of rotatable bonds is 3. The SMILES string of the molecule is CN(Cc1ccccc1)c1cc2[nH]c(=O)oc2cc1N. The Balaban J connectivity index is 1.96. The highest BCUT2D eigenvalue weighted by Crippen LogP contribution is 2.28. The predicted octanol–water partition coefficient (Wildman–Crippen LogP) is 2.34. The van der Waals surface area contributed by atoms with Gasteiger partial charge in [0.15, 0.2) is 5.58 Å². The number of oxazole rings is 1. The lowest BCUT2D eigenvalue weighted by molar-refractivity contribution is 0.555. The highest BCUT2D eigenvalue weighted by molar-refractivity contribution is 5.85. The number of aromatic nitrogens is 1. The van der Waals surface area contributed by atoms with Crippen molar-refractivity contribution in [2.75, 3.05) is 17.7 Å². The quantitative estimate of drug-likeness (QED) is 0.716. The number of nitrogens with zero attached hydrogens (tertiary/aromatic N) is 1. The van der Waals surface area contributed by atoms with Crippen molar-refractivity contribution in [3.8, 4) is 0 Å². The number of hydrogen-bond donors (Lipinski definition) is 2. The van der Waals surface area contributed by atoms with Gasteiger partial charge >= 0.3 is 5.76 Å². The van der Waals surface area contributed by atoms with E-state index < -0.39 is 5.76 Å². The summed E-state index contributed by atoms with van der Waals surface area (Å²) in [6.45, 7) is 0.735. The van der Waals surface area contributed by atoms with Crippen LogP contribution in [0.4, 0.5) is 11.4 Å². The lowest BCUT2D eigenvalue weighted by atomic mass is 10.2. The van der Waals surface area contributed by atoms with E-state index in [0.29, 0.717) is 16.8 Å². The number of nitrogen functional groups attached to an aromatic ring is 1. The molecular weight excluding hydrogens is 254 g/mol. The number of fused-ring (bicyclic) bond motifs is 1. The minimum atomic E-state index is -0.470. The zero-order chi connectivity index (χ0) is 14.1. The van der Waals surface area contributed by atoms with Gasteiger partial charge in [0.25, 0.3) is 0 Å². The Morgan fingerprint density at radius 3 is 2.75 bits per heavy atom. The Kier molecular flexibility index (Phi) is 2.95. The summed E-state index contributed by atoms with van der Waals surface area (Å²) in [5, 5.41) is 0. The van der Waals surface area contributed by atoms with Gasteiger partial charge < -0.3 is 15.1 Å². The van der Waals surface area contributed by atoms with Crippen LogP contribution in [0.2, 0.25) is 0 Å². The number of nitrogens with one attached hydrogen (secondary N) is 1. The Morgan fingerprint density at radius 1 is 1.25 bits per heavy atom. The molecule has 0 unspecified atom stereocenters. The van der Waals surface area contributed by atoms with E-state index in [2.05, 4.69) is 17.1 Å². The summed E-state index contributed by atoms with van der Waals surface area (Å²) in [5.74, 6) is -0.470. The second-order valence-electron chi connectivity index (χ2n) is 4.76. The molecule has 0 radical (unpaired) electrons. The maximum atomic E-state index is 11.2. The predicted molar refractivity (Wildman–Crippen MR) is 79.8 cm³/mol. The summed E-state index contributed by atoms with van der Waals surface area (Å²) >= 11 is 0. The van der Waals surface area contributed by atoms with E-state index in [1.54, 1.807) is 6.07 Å². The van der Waals surface area contributed by atoms with Crippen molar-refractivity contribution in [2.24, 2.45) is 0 Å². The summed E-state index contributed by atoms with van der Waals surface area (Å²) < 4.78 is 4.99. The van der Waals surface area contributed by atoms with Crippen LogP contribution in [0.5, 0.6) is 0 Å². The standard InChI is InChI=1S/C15H15N3O2/c1-18(9-10-5-3-2-4-6-10)13-8-12-14(7-11(13)16)20-15(19)17-12/h2-8H,9,16H2,1H3,(H,17,19). The van der Waals surface area contributed by atoms with Crippen LogP contribution in [0.1, 0.15) is 5.56 Å². The minimum absolute atomic E-state index is 0.470. The Bertz CT molecular complexity index is 790. The summed E-state index contributed by atoms with van der Waals surface area (Å²) in [5.41, 5.74) is 9.79. The van der Waals surface area contributed by atoms with E-state index in [0.717, 1.165) is 12.2 Å². The molecule has 0 amide bonds. The Morgan fingerprint density at radius 2 is 2.00 bits per heavy atom. The molecule has 0 saturated carbocycles. The van der Waals surface area contributed by atoms with Crippen molar-refractivity contribution < 1.29 is 4.42 Å². The number of hydrogen-bond acceptors (Lipinski definition) is 4. The van der Waals surface area contributed by atoms with Crippen molar-refractivity contribution in [1.29, 1.82) is 0 Å². The van der Waals surface area contributed by atoms with Gasteiger partial charge in [0.05, 0.1) is 16.9 Å². The van der Waals surface area contributed by atoms with E-state index in [4.69, 9.17) is 10.2 Å². The number of benzene rings is 2. The maximum absolute atomic E-state index is 11.2. The fraction of sp³-hybridized carbons (Fsp3) is 0.133. The second-order valence-corrected chi connectivity index (χ2v) is 4.76. The molecule has 5 heteroatoms. The van der Waals surface area contributed by atoms with Crippen LogP contribution in [0.25, 0.3) is 11.1 Å². The van der Waals surface area contributed by atoms with Crippen LogP contribution in [0.3, 0.4) is 0 Å². The lowest BCUT2D eigenvalue weighted by Crippen LogP contribution is -2.17. The second kappa shape index (κ2) is 4.77. The van der Waals surface area contributed by atoms with Gasteiger partial charge in [-0.25, -0.2) is 4.79 Å². The summed E-state index contributed by atoms with van der Waals surface area (Å²) in [4.78, 5) is 15.9. The summed E-state index contributed by atoms with van der Waals surface area (Å²) in [6.07, 6.45) is 0. The monoisotopic (exact) mass is 269 g/mol. The average Bonchev–Trinajstić information content (AvgIpc) is 2.78. The molecule has 0 aliphatic rings. The van der Waals surface area contributed by atoms with Crippen LogP contribution in [0, 0.1) is 0 Å². The number of H-pyrrole nitrogens is 1.